The number of rotatable bonds is 4. The second-order valence-electron chi connectivity index (χ2n) is 11.7. The molecule has 0 unspecified atom stereocenters. The normalized spacial score (nSPS) is 31.5. The average molecular weight is 464 g/mol. The first-order valence-electron chi connectivity index (χ1n) is 12.8. The Hall–Kier alpha value is -1.56. The number of nitrogens with zero attached hydrogens (tertiary/aromatic N) is 1. The highest BCUT2D eigenvalue weighted by Crippen LogP contribution is 2.59. The van der Waals surface area contributed by atoms with E-state index in [1.165, 1.54) is 63.5 Å². The summed E-state index contributed by atoms with van der Waals surface area (Å²) >= 11 is 0. The summed E-state index contributed by atoms with van der Waals surface area (Å²) in [6, 6.07) is 6.00. The van der Waals surface area contributed by atoms with Gasteiger partial charge in [-0.15, -0.1) is 0 Å². The van der Waals surface area contributed by atoms with Crippen LogP contribution in [0.3, 0.4) is 0 Å². The molecule has 1 saturated heterocycles. The lowest BCUT2D eigenvalue weighted by Gasteiger charge is -2.59. The van der Waals surface area contributed by atoms with Crippen molar-refractivity contribution in [2.24, 2.45) is 16.7 Å². The standard InChI is InChI=1S/C27H36F3NO2/c28-27(29,30)21-7-5-20(6-8-21)22-14-19(15-24(32)33)4-9-23(22)31-17-25(10-1-2-11-25)16-26(18-31)12-3-13-26/h5-8,19,22-23H,1-4,9-18H2,(H,32,33)/t19-,22+,23-/m1/s1. The van der Waals surface area contributed by atoms with Crippen LogP contribution in [0.25, 0.3) is 0 Å². The SMILES string of the molecule is O=C(O)C[C@@H]1CC[C@@H](N2CC3(CCCC3)CC3(CCC3)C2)[C@H](c2ccc(C(F)(F)F)cc2)C1. The second kappa shape index (κ2) is 8.58. The molecular formula is C27H36F3NO2. The Morgan fingerprint density at radius 1 is 0.970 bits per heavy atom. The molecule has 5 rings (SSSR count). The van der Waals surface area contributed by atoms with E-state index in [-0.39, 0.29) is 18.3 Å². The number of halogens is 3. The highest BCUT2D eigenvalue weighted by molar-refractivity contribution is 5.67. The molecule has 1 aromatic carbocycles. The van der Waals surface area contributed by atoms with Crippen molar-refractivity contribution in [3.63, 3.8) is 0 Å². The van der Waals surface area contributed by atoms with E-state index in [0.717, 1.165) is 37.9 Å². The van der Waals surface area contributed by atoms with E-state index < -0.39 is 17.7 Å². The van der Waals surface area contributed by atoms with Crippen LogP contribution in [0.15, 0.2) is 24.3 Å². The van der Waals surface area contributed by atoms with Crippen LogP contribution in [0.1, 0.15) is 94.1 Å². The fourth-order valence-electron chi connectivity index (χ4n) is 7.92. The molecule has 3 atom stereocenters. The molecule has 0 amide bonds. The average Bonchev–Trinajstić information content (AvgIpc) is 3.18. The maximum Gasteiger partial charge on any atom is 0.416 e. The van der Waals surface area contributed by atoms with Crippen molar-refractivity contribution in [2.45, 2.75) is 95.2 Å². The third-order valence-electron chi connectivity index (χ3n) is 9.43. The van der Waals surface area contributed by atoms with E-state index in [1.54, 1.807) is 12.1 Å². The van der Waals surface area contributed by atoms with Crippen LogP contribution in [-0.4, -0.2) is 35.1 Å². The third kappa shape index (κ3) is 4.69. The Bertz CT molecular complexity index is 855. The molecule has 0 aromatic heterocycles. The Morgan fingerprint density at radius 3 is 2.09 bits per heavy atom. The summed E-state index contributed by atoms with van der Waals surface area (Å²) in [6.45, 7) is 2.22. The number of carboxylic acid groups (broad SMARTS) is 1. The number of aliphatic carboxylic acids is 1. The van der Waals surface area contributed by atoms with Crippen LogP contribution >= 0.6 is 0 Å². The number of carbonyl (C=O) groups is 1. The molecule has 6 heteroatoms. The molecule has 182 valence electrons. The molecule has 0 radical (unpaired) electrons. The van der Waals surface area contributed by atoms with Crippen molar-refractivity contribution < 1.29 is 23.1 Å². The first-order chi connectivity index (χ1) is 15.7. The van der Waals surface area contributed by atoms with Crippen molar-refractivity contribution in [3.05, 3.63) is 35.4 Å². The predicted molar refractivity (Wildman–Crippen MR) is 121 cm³/mol. The maximum atomic E-state index is 13.2. The van der Waals surface area contributed by atoms with Gasteiger partial charge < -0.3 is 5.11 Å². The summed E-state index contributed by atoms with van der Waals surface area (Å²) in [5.74, 6) is -0.589. The smallest absolute Gasteiger partial charge is 0.416 e. The van der Waals surface area contributed by atoms with Gasteiger partial charge in [-0.1, -0.05) is 31.4 Å². The van der Waals surface area contributed by atoms with E-state index in [2.05, 4.69) is 4.90 Å². The number of likely N-dealkylation sites (tertiary alicyclic amines) is 1. The van der Waals surface area contributed by atoms with Crippen molar-refractivity contribution in [1.82, 2.24) is 4.90 Å². The second-order valence-corrected chi connectivity index (χ2v) is 11.7. The largest absolute Gasteiger partial charge is 0.481 e. The van der Waals surface area contributed by atoms with Crippen molar-refractivity contribution in [1.29, 1.82) is 0 Å². The van der Waals surface area contributed by atoms with E-state index >= 15 is 0 Å². The van der Waals surface area contributed by atoms with Crippen LogP contribution < -0.4 is 0 Å². The minimum atomic E-state index is -4.34. The van der Waals surface area contributed by atoms with Gasteiger partial charge >= 0.3 is 12.1 Å². The van der Waals surface area contributed by atoms with E-state index in [1.807, 2.05) is 0 Å². The summed E-state index contributed by atoms with van der Waals surface area (Å²) < 4.78 is 39.5. The molecule has 2 spiro atoms. The predicted octanol–water partition coefficient (Wildman–Crippen LogP) is 6.87. The fourth-order valence-corrected chi connectivity index (χ4v) is 7.92. The zero-order chi connectivity index (χ0) is 23.3. The molecule has 3 saturated carbocycles. The van der Waals surface area contributed by atoms with Gasteiger partial charge in [0.05, 0.1) is 5.56 Å². The Kier molecular flexibility index (Phi) is 6.03. The van der Waals surface area contributed by atoms with Gasteiger partial charge in [-0.25, -0.2) is 0 Å². The zero-order valence-electron chi connectivity index (χ0n) is 19.4. The maximum absolute atomic E-state index is 13.2. The summed E-state index contributed by atoms with van der Waals surface area (Å²) in [4.78, 5) is 14.1. The Balaban J connectivity index is 1.43. The van der Waals surface area contributed by atoms with Gasteiger partial charge in [-0.05, 0) is 91.7 Å². The van der Waals surface area contributed by atoms with Crippen LogP contribution in [0.4, 0.5) is 13.2 Å². The van der Waals surface area contributed by atoms with Gasteiger partial charge in [-0.2, -0.15) is 13.2 Å². The molecule has 3 aliphatic carbocycles. The summed E-state index contributed by atoms with van der Waals surface area (Å²) in [7, 11) is 0. The van der Waals surface area contributed by atoms with Crippen molar-refractivity contribution in [3.8, 4) is 0 Å². The number of hydrogen-bond donors (Lipinski definition) is 1. The van der Waals surface area contributed by atoms with Gasteiger partial charge in [0.2, 0.25) is 0 Å². The van der Waals surface area contributed by atoms with Gasteiger partial charge in [0.1, 0.15) is 0 Å². The van der Waals surface area contributed by atoms with Crippen LogP contribution in [0.5, 0.6) is 0 Å². The third-order valence-corrected chi connectivity index (χ3v) is 9.43. The van der Waals surface area contributed by atoms with Crippen LogP contribution in [0.2, 0.25) is 0 Å². The Labute approximate surface area is 194 Å². The molecule has 1 aromatic rings. The van der Waals surface area contributed by atoms with Crippen LogP contribution in [0, 0.1) is 16.7 Å². The topological polar surface area (TPSA) is 40.5 Å². The lowest BCUT2D eigenvalue weighted by molar-refractivity contribution is -0.139. The van der Waals surface area contributed by atoms with Gasteiger partial charge in [0.15, 0.2) is 0 Å². The first-order valence-corrected chi connectivity index (χ1v) is 12.8. The molecule has 1 N–H and O–H groups in total. The molecule has 1 aliphatic heterocycles. The van der Waals surface area contributed by atoms with Crippen molar-refractivity contribution >= 4 is 5.97 Å². The Morgan fingerprint density at radius 2 is 1.58 bits per heavy atom. The number of carboxylic acids is 1. The quantitative estimate of drug-likeness (QED) is 0.530. The summed E-state index contributed by atoms with van der Waals surface area (Å²) in [5, 5.41) is 9.38. The molecular weight excluding hydrogens is 427 g/mol. The highest BCUT2D eigenvalue weighted by Gasteiger charge is 2.53. The minimum Gasteiger partial charge on any atom is -0.481 e. The van der Waals surface area contributed by atoms with Gasteiger partial charge in [-0.3, -0.25) is 9.69 Å². The summed E-state index contributed by atoms with van der Waals surface area (Å²) in [6.07, 6.45) is 8.94. The number of hydrogen-bond acceptors (Lipinski definition) is 2. The molecule has 3 nitrogen and oxygen atoms in total. The zero-order valence-corrected chi connectivity index (χ0v) is 19.4. The van der Waals surface area contributed by atoms with Crippen LogP contribution in [-0.2, 0) is 11.0 Å². The van der Waals surface area contributed by atoms with Gasteiger partial charge in [0, 0.05) is 25.6 Å². The minimum absolute atomic E-state index is 0.0916. The molecule has 4 fully saturated rings. The number of piperidine rings is 1. The number of alkyl halides is 3. The van der Waals surface area contributed by atoms with E-state index in [4.69, 9.17) is 0 Å². The van der Waals surface area contributed by atoms with E-state index in [0.29, 0.717) is 16.9 Å². The monoisotopic (exact) mass is 463 g/mol. The molecule has 4 aliphatic rings. The fraction of sp³-hybridized carbons (Fsp3) is 0.741. The summed E-state index contributed by atoms with van der Waals surface area (Å²) in [5.41, 5.74) is 1.18. The van der Waals surface area contributed by atoms with E-state index in [9.17, 15) is 23.1 Å². The highest BCUT2D eigenvalue weighted by atomic mass is 19.4. The van der Waals surface area contributed by atoms with Gasteiger partial charge in [0.25, 0.3) is 0 Å². The molecule has 33 heavy (non-hydrogen) atoms. The molecule has 1 heterocycles. The lowest BCUT2D eigenvalue weighted by atomic mass is 9.56. The lowest BCUT2D eigenvalue weighted by Crippen LogP contribution is -2.58. The van der Waals surface area contributed by atoms with Crippen molar-refractivity contribution in [2.75, 3.05) is 13.1 Å². The molecule has 0 bridgehead atoms. The number of benzene rings is 1. The first kappa shape index (κ1) is 23.2.